The highest BCUT2D eigenvalue weighted by atomic mass is 127. The van der Waals surface area contributed by atoms with E-state index in [0.29, 0.717) is 34.5 Å². The number of fused-ring (bicyclic) bond motifs is 1. The highest BCUT2D eigenvalue weighted by Crippen LogP contribution is 2.39. The highest BCUT2D eigenvalue weighted by molar-refractivity contribution is 14.2. The molecule has 4 aromatic rings. The Labute approximate surface area is 195 Å². The molecule has 3 heterocycles. The van der Waals surface area contributed by atoms with Crippen molar-refractivity contribution < 1.29 is 4.39 Å². The molecule has 0 fully saturated rings. The minimum absolute atomic E-state index is 0.343. The van der Waals surface area contributed by atoms with E-state index in [2.05, 4.69) is 61.5 Å². The van der Waals surface area contributed by atoms with Gasteiger partial charge in [0.15, 0.2) is 0 Å². The van der Waals surface area contributed by atoms with Crippen LogP contribution < -0.4 is 5.32 Å². The first kappa shape index (κ1) is 24.6. The number of hydrogen-bond donors (Lipinski definition) is 1. The zero-order valence-electron chi connectivity index (χ0n) is 17.6. The molecule has 0 aliphatic heterocycles. The molecule has 0 saturated carbocycles. The van der Waals surface area contributed by atoms with Crippen molar-refractivity contribution >= 4 is 55.8 Å². The van der Waals surface area contributed by atoms with Gasteiger partial charge in [0.1, 0.15) is 11.6 Å². The van der Waals surface area contributed by atoms with E-state index in [0.717, 1.165) is 10.3 Å². The van der Waals surface area contributed by atoms with E-state index in [1.165, 1.54) is 23.8 Å². The van der Waals surface area contributed by atoms with Crippen molar-refractivity contribution in [1.82, 2.24) is 24.7 Å². The van der Waals surface area contributed by atoms with Gasteiger partial charge in [0.05, 0.1) is 34.0 Å². The van der Waals surface area contributed by atoms with Crippen molar-refractivity contribution in [1.29, 1.82) is 0 Å². The van der Waals surface area contributed by atoms with Gasteiger partial charge in [-0.1, -0.05) is 34.1 Å². The number of nitrogens with one attached hydrogen (secondary N) is 1. The minimum Gasteiger partial charge on any atom is -0.372 e. The lowest BCUT2D eigenvalue weighted by Crippen LogP contribution is -1.96. The van der Waals surface area contributed by atoms with Crippen LogP contribution in [0.25, 0.3) is 32.6 Å². The topological polar surface area (TPSA) is 68.5 Å². The number of rotatable bonds is 4. The maximum absolute atomic E-state index is 15.0. The molecule has 10 heteroatoms. The predicted molar refractivity (Wildman–Crippen MR) is 136 cm³/mol. The summed E-state index contributed by atoms with van der Waals surface area (Å²) >= 11 is 3.69. The molecule has 1 aromatic carbocycles. The van der Waals surface area contributed by atoms with E-state index in [9.17, 15) is 4.39 Å². The third-order valence-electron chi connectivity index (χ3n) is 3.71. The molecular formula is C20H25FIN6PS. The third kappa shape index (κ3) is 5.50. The van der Waals surface area contributed by atoms with Crippen LogP contribution in [0.1, 0.15) is 34.1 Å². The maximum Gasteiger partial charge on any atom is 0.148 e. The van der Waals surface area contributed by atoms with Gasteiger partial charge >= 0.3 is 0 Å². The second-order valence-electron chi connectivity index (χ2n) is 5.83. The molecule has 0 aliphatic carbocycles. The summed E-state index contributed by atoms with van der Waals surface area (Å²) in [7, 11) is 1.77. The fraction of sp³-hybridized carbons (Fsp3) is 0.300. The first-order chi connectivity index (χ1) is 14.6. The third-order valence-corrected chi connectivity index (χ3v) is 6.47. The fourth-order valence-corrected chi connectivity index (χ4v) is 4.47. The van der Waals surface area contributed by atoms with Crippen LogP contribution in [-0.2, 0) is 0 Å². The van der Waals surface area contributed by atoms with E-state index in [4.69, 9.17) is 0 Å². The van der Waals surface area contributed by atoms with Crippen LogP contribution in [0, 0.1) is 5.82 Å². The van der Waals surface area contributed by atoms with Crippen LogP contribution in [0.4, 0.5) is 10.2 Å². The number of nitrogens with zero attached hydrogens (tertiary/aromatic N) is 5. The van der Waals surface area contributed by atoms with Gasteiger partial charge in [-0.2, -0.15) is 5.10 Å². The van der Waals surface area contributed by atoms with Crippen LogP contribution in [0.5, 0.6) is 0 Å². The summed E-state index contributed by atoms with van der Waals surface area (Å²) in [5, 5.41) is 15.4. The van der Waals surface area contributed by atoms with Crippen LogP contribution in [-0.4, -0.2) is 31.8 Å². The standard InChI is InChI=1S/C15H11FIN6PS.C3H8.C2H6/c1-18-12-3-2-11(21-22-12)9-4-10(16)13(14-15(9)25-7-19-14)8-5-20-23(6-8)24-17;1-3-2;1-2/h2-7,24H,1H3,(H,18,22);3H2,1-2H3;1-2H3. The molecule has 30 heavy (non-hydrogen) atoms. The van der Waals surface area contributed by atoms with E-state index in [1.54, 1.807) is 23.2 Å². The summed E-state index contributed by atoms with van der Waals surface area (Å²) in [5.74, 6) is 0.317. The van der Waals surface area contributed by atoms with Crippen molar-refractivity contribution in [3.8, 4) is 22.4 Å². The van der Waals surface area contributed by atoms with Gasteiger partial charge in [-0.25, -0.2) is 13.8 Å². The lowest BCUT2D eigenvalue weighted by atomic mass is 10.0. The van der Waals surface area contributed by atoms with E-state index >= 15 is 0 Å². The Kier molecular flexibility index (Phi) is 10.0. The zero-order valence-corrected chi connectivity index (χ0v) is 21.5. The van der Waals surface area contributed by atoms with Gasteiger partial charge < -0.3 is 5.32 Å². The number of thiazole rings is 1. The lowest BCUT2D eigenvalue weighted by Gasteiger charge is -2.07. The van der Waals surface area contributed by atoms with Crippen molar-refractivity contribution in [2.24, 2.45) is 0 Å². The zero-order chi connectivity index (χ0) is 22.1. The molecule has 6 nitrogen and oxygen atoms in total. The minimum atomic E-state index is -0.343. The van der Waals surface area contributed by atoms with Crippen molar-refractivity contribution in [3.05, 3.63) is 41.9 Å². The van der Waals surface area contributed by atoms with Crippen LogP contribution >= 0.6 is 39.8 Å². The van der Waals surface area contributed by atoms with Crippen LogP contribution in [0.2, 0.25) is 0 Å². The molecule has 0 spiro atoms. The Morgan fingerprint density at radius 2 is 1.97 bits per heavy atom. The molecule has 1 unspecified atom stereocenters. The first-order valence-electron chi connectivity index (χ1n) is 9.62. The summed E-state index contributed by atoms with van der Waals surface area (Å²) in [6, 6.07) is 5.14. The molecule has 160 valence electrons. The molecule has 0 amide bonds. The fourth-order valence-electron chi connectivity index (χ4n) is 2.57. The largest absolute Gasteiger partial charge is 0.372 e. The maximum atomic E-state index is 15.0. The van der Waals surface area contributed by atoms with Gasteiger partial charge in [0.25, 0.3) is 0 Å². The van der Waals surface area contributed by atoms with Gasteiger partial charge in [0.2, 0.25) is 0 Å². The molecule has 0 radical (unpaired) electrons. The summed E-state index contributed by atoms with van der Waals surface area (Å²) in [6.45, 7) is 8.25. The van der Waals surface area contributed by atoms with Crippen molar-refractivity contribution in [2.45, 2.75) is 34.1 Å². The predicted octanol–water partition coefficient (Wildman–Crippen LogP) is 7.03. The number of aromatic nitrogens is 5. The summed E-state index contributed by atoms with van der Waals surface area (Å²) in [5.41, 5.74) is 4.84. The molecule has 4 rings (SSSR count). The highest BCUT2D eigenvalue weighted by Gasteiger charge is 2.19. The average molecular weight is 558 g/mol. The van der Waals surface area contributed by atoms with Gasteiger partial charge in [-0.3, -0.25) is 0 Å². The molecule has 0 bridgehead atoms. The van der Waals surface area contributed by atoms with Gasteiger partial charge in [-0.05, 0) is 40.2 Å². The van der Waals surface area contributed by atoms with E-state index in [1.807, 2.05) is 32.2 Å². The van der Waals surface area contributed by atoms with Crippen LogP contribution in [0.3, 0.4) is 0 Å². The second-order valence-corrected chi connectivity index (χ2v) is 8.76. The van der Waals surface area contributed by atoms with E-state index in [-0.39, 0.29) is 5.82 Å². The summed E-state index contributed by atoms with van der Waals surface area (Å²) in [4.78, 5) is 4.39. The molecular weight excluding hydrogens is 533 g/mol. The molecule has 1 atom stereocenters. The number of anilines is 1. The van der Waals surface area contributed by atoms with Crippen molar-refractivity contribution in [3.63, 3.8) is 0 Å². The Hall–Kier alpha value is -1.71. The normalized spacial score (nSPS) is 10.5. The van der Waals surface area contributed by atoms with Crippen molar-refractivity contribution in [2.75, 3.05) is 12.4 Å². The SMILES string of the molecule is CC.CCC.CNc1ccc(-c2cc(F)c(-c3cnn(PI)c3)c3ncsc23)nn1. The Morgan fingerprint density at radius 3 is 2.53 bits per heavy atom. The molecule has 0 aliphatic rings. The Balaban J connectivity index is 0.000000590. The number of halogens is 2. The first-order valence-corrected chi connectivity index (χ1v) is 14.6. The summed E-state index contributed by atoms with van der Waals surface area (Å²) < 4.78 is 17.6. The quantitative estimate of drug-likeness (QED) is 0.215. The van der Waals surface area contributed by atoms with Crippen LogP contribution in [0.15, 0.2) is 36.1 Å². The second kappa shape index (κ2) is 12.2. The number of hydrogen-bond acceptors (Lipinski definition) is 6. The van der Waals surface area contributed by atoms with Gasteiger partial charge in [0, 0.05) is 29.9 Å². The lowest BCUT2D eigenvalue weighted by molar-refractivity contribution is 0.633. The smallest absolute Gasteiger partial charge is 0.148 e. The summed E-state index contributed by atoms with van der Waals surface area (Å²) in [6.07, 6.45) is 5.22. The Bertz CT molecular complexity index is 1070. The average Bonchev–Trinajstić information content (AvgIpc) is 3.45. The molecule has 1 N–H and O–H groups in total. The van der Waals surface area contributed by atoms with Gasteiger partial charge in [-0.15, -0.1) is 21.5 Å². The Morgan fingerprint density at radius 1 is 1.23 bits per heavy atom. The molecule has 0 saturated heterocycles. The molecule has 3 aromatic heterocycles. The monoisotopic (exact) mass is 558 g/mol. The van der Waals surface area contributed by atoms with E-state index < -0.39 is 0 Å². The number of benzene rings is 1.